The van der Waals surface area contributed by atoms with Crippen LogP contribution in [0.2, 0.25) is 0 Å². The van der Waals surface area contributed by atoms with Crippen LogP contribution in [-0.2, 0) is 0 Å². The van der Waals surface area contributed by atoms with Crippen LogP contribution in [0.3, 0.4) is 0 Å². The molecule has 0 aliphatic carbocycles. The highest BCUT2D eigenvalue weighted by molar-refractivity contribution is 6.21. The van der Waals surface area contributed by atoms with Gasteiger partial charge in [-0.05, 0) is 36.9 Å². The predicted molar refractivity (Wildman–Crippen MR) is 95.8 cm³/mol. The molecule has 1 heterocycles. The molecule has 2 amide bonds. The van der Waals surface area contributed by atoms with E-state index in [0.717, 1.165) is 12.0 Å². The fourth-order valence-electron chi connectivity index (χ4n) is 3.00. The van der Waals surface area contributed by atoms with Crippen LogP contribution >= 0.6 is 0 Å². The van der Waals surface area contributed by atoms with E-state index in [-0.39, 0.29) is 11.8 Å². The first-order valence-corrected chi connectivity index (χ1v) is 8.06. The lowest BCUT2D eigenvalue weighted by Gasteiger charge is -2.23. The van der Waals surface area contributed by atoms with Gasteiger partial charge in [0.2, 0.25) is 0 Å². The first-order valence-electron chi connectivity index (χ1n) is 8.06. The van der Waals surface area contributed by atoms with Gasteiger partial charge in [0.05, 0.1) is 16.8 Å². The number of carbonyl (C=O) groups is 3. The molecule has 0 atom stereocenters. The molecule has 0 aromatic heterocycles. The summed E-state index contributed by atoms with van der Waals surface area (Å²) in [6.45, 7) is 4.65. The molecule has 0 N–H and O–H groups in total. The molecule has 1 aliphatic heterocycles. The van der Waals surface area contributed by atoms with Crippen molar-refractivity contribution in [3.05, 3.63) is 78.0 Å². The van der Waals surface area contributed by atoms with Crippen LogP contribution in [0.4, 0.5) is 5.69 Å². The van der Waals surface area contributed by atoms with Gasteiger partial charge in [-0.3, -0.25) is 19.3 Å². The molecule has 2 aromatic rings. The van der Waals surface area contributed by atoms with E-state index in [1.165, 1.54) is 4.90 Å². The number of aldehydes is 1. The molecule has 5 nitrogen and oxygen atoms in total. The van der Waals surface area contributed by atoms with Crippen molar-refractivity contribution in [3.8, 4) is 0 Å². The maximum absolute atomic E-state index is 12.3. The van der Waals surface area contributed by atoms with Crippen molar-refractivity contribution in [1.82, 2.24) is 4.90 Å². The summed E-state index contributed by atoms with van der Waals surface area (Å²) in [6.07, 6.45) is 3.02. The minimum Gasteiger partial charge on any atom is -0.348 e. The number of amides is 2. The molecular weight excluding hydrogens is 316 g/mol. The third-order valence-electron chi connectivity index (χ3n) is 4.25. The molecule has 0 spiro atoms. The van der Waals surface area contributed by atoms with Crippen molar-refractivity contribution in [2.75, 3.05) is 18.0 Å². The number of rotatable bonds is 7. The molecule has 0 unspecified atom stereocenters. The molecule has 2 aromatic carbocycles. The summed E-state index contributed by atoms with van der Waals surface area (Å²) >= 11 is 0. The number of imide groups is 1. The maximum atomic E-state index is 12.3. The van der Waals surface area contributed by atoms with E-state index in [2.05, 4.69) is 6.58 Å². The van der Waals surface area contributed by atoms with Gasteiger partial charge in [0, 0.05) is 18.7 Å². The first-order chi connectivity index (χ1) is 12.2. The van der Waals surface area contributed by atoms with Crippen molar-refractivity contribution >= 4 is 23.8 Å². The average molecular weight is 334 g/mol. The zero-order valence-corrected chi connectivity index (χ0v) is 13.7. The average Bonchev–Trinajstić information content (AvgIpc) is 2.90. The second-order valence-corrected chi connectivity index (χ2v) is 5.71. The van der Waals surface area contributed by atoms with Gasteiger partial charge in [-0.25, -0.2) is 0 Å². The zero-order valence-electron chi connectivity index (χ0n) is 13.7. The summed E-state index contributed by atoms with van der Waals surface area (Å²) in [5.74, 6) is -0.502. The number of anilines is 1. The Hall–Kier alpha value is -3.21. The van der Waals surface area contributed by atoms with E-state index in [1.54, 1.807) is 42.6 Å². The standard InChI is InChI=1S/C20H18N2O3/c1-2-21(18-11-6-3-8-15(18)14-23)12-7-13-22-19(24)16-9-4-5-10-17(16)20(22)25/h2-6,8-11,14H,1,7,12-13H2. The Balaban J connectivity index is 1.67. The highest BCUT2D eigenvalue weighted by atomic mass is 16.2. The summed E-state index contributed by atoms with van der Waals surface area (Å²) in [5.41, 5.74) is 2.25. The number of hydrogen-bond donors (Lipinski definition) is 0. The van der Waals surface area contributed by atoms with E-state index >= 15 is 0 Å². The largest absolute Gasteiger partial charge is 0.348 e. The molecule has 0 saturated carbocycles. The molecule has 25 heavy (non-hydrogen) atoms. The Morgan fingerprint density at radius 2 is 1.56 bits per heavy atom. The molecule has 0 fully saturated rings. The number of para-hydroxylation sites is 1. The molecule has 5 heteroatoms. The number of carbonyl (C=O) groups excluding carboxylic acids is 3. The summed E-state index contributed by atoms with van der Waals surface area (Å²) in [6, 6.07) is 14.1. The molecule has 0 saturated heterocycles. The van der Waals surface area contributed by atoms with E-state index < -0.39 is 0 Å². The number of fused-ring (bicyclic) bond motifs is 1. The van der Waals surface area contributed by atoms with Gasteiger partial charge in [0.15, 0.2) is 6.29 Å². The van der Waals surface area contributed by atoms with E-state index in [0.29, 0.717) is 36.2 Å². The smallest absolute Gasteiger partial charge is 0.261 e. The van der Waals surface area contributed by atoms with Crippen molar-refractivity contribution in [2.45, 2.75) is 6.42 Å². The van der Waals surface area contributed by atoms with Crippen LogP contribution in [0.25, 0.3) is 0 Å². The third kappa shape index (κ3) is 3.08. The lowest BCUT2D eigenvalue weighted by atomic mass is 10.1. The Labute approximate surface area is 146 Å². The van der Waals surface area contributed by atoms with Crippen LogP contribution < -0.4 is 4.90 Å². The minimum atomic E-state index is -0.251. The van der Waals surface area contributed by atoms with E-state index in [1.807, 2.05) is 17.0 Å². The molecule has 126 valence electrons. The Morgan fingerprint density at radius 3 is 2.16 bits per heavy atom. The third-order valence-corrected chi connectivity index (χ3v) is 4.25. The topological polar surface area (TPSA) is 57.7 Å². The first kappa shape index (κ1) is 16.6. The van der Waals surface area contributed by atoms with Gasteiger partial charge >= 0.3 is 0 Å². The van der Waals surface area contributed by atoms with Gasteiger partial charge in [-0.1, -0.05) is 30.8 Å². The van der Waals surface area contributed by atoms with Gasteiger partial charge < -0.3 is 4.90 Å². The Bertz CT molecular complexity index is 809. The van der Waals surface area contributed by atoms with Crippen molar-refractivity contribution in [3.63, 3.8) is 0 Å². The van der Waals surface area contributed by atoms with Gasteiger partial charge in [0.1, 0.15) is 0 Å². The predicted octanol–water partition coefficient (Wildman–Crippen LogP) is 3.14. The van der Waals surface area contributed by atoms with Gasteiger partial charge in [-0.15, -0.1) is 0 Å². The summed E-state index contributed by atoms with van der Waals surface area (Å²) < 4.78 is 0. The Morgan fingerprint density at radius 1 is 0.960 bits per heavy atom. The van der Waals surface area contributed by atoms with Crippen LogP contribution in [0.15, 0.2) is 61.3 Å². The van der Waals surface area contributed by atoms with Gasteiger partial charge in [-0.2, -0.15) is 0 Å². The van der Waals surface area contributed by atoms with Crippen LogP contribution in [0.1, 0.15) is 37.5 Å². The number of nitrogens with zero attached hydrogens (tertiary/aromatic N) is 2. The fourth-order valence-corrected chi connectivity index (χ4v) is 3.00. The van der Waals surface area contributed by atoms with Crippen molar-refractivity contribution < 1.29 is 14.4 Å². The normalized spacial score (nSPS) is 12.9. The lowest BCUT2D eigenvalue weighted by Crippen LogP contribution is -2.32. The fraction of sp³-hybridized carbons (Fsp3) is 0.150. The number of hydrogen-bond acceptors (Lipinski definition) is 4. The van der Waals surface area contributed by atoms with Crippen LogP contribution in [0, 0.1) is 0 Å². The highest BCUT2D eigenvalue weighted by Gasteiger charge is 2.34. The highest BCUT2D eigenvalue weighted by Crippen LogP contribution is 2.23. The van der Waals surface area contributed by atoms with Crippen LogP contribution in [-0.4, -0.2) is 36.1 Å². The van der Waals surface area contributed by atoms with E-state index in [9.17, 15) is 14.4 Å². The molecule has 0 bridgehead atoms. The SMILES string of the molecule is C=CN(CCCN1C(=O)c2ccccc2C1=O)c1ccccc1C=O. The number of benzene rings is 2. The lowest BCUT2D eigenvalue weighted by molar-refractivity contribution is 0.0653. The summed E-state index contributed by atoms with van der Waals surface area (Å²) in [5, 5.41) is 0. The maximum Gasteiger partial charge on any atom is 0.261 e. The van der Waals surface area contributed by atoms with E-state index in [4.69, 9.17) is 0 Å². The van der Waals surface area contributed by atoms with Crippen LogP contribution in [0.5, 0.6) is 0 Å². The zero-order chi connectivity index (χ0) is 17.8. The summed E-state index contributed by atoms with van der Waals surface area (Å²) in [4.78, 5) is 39.0. The molecule has 1 aliphatic rings. The van der Waals surface area contributed by atoms with Gasteiger partial charge in [0.25, 0.3) is 11.8 Å². The van der Waals surface area contributed by atoms with Crippen molar-refractivity contribution in [2.24, 2.45) is 0 Å². The quantitative estimate of drug-likeness (QED) is 0.576. The second-order valence-electron chi connectivity index (χ2n) is 5.71. The monoisotopic (exact) mass is 334 g/mol. The Kier molecular flexibility index (Phi) is 4.75. The summed E-state index contributed by atoms with van der Waals surface area (Å²) in [7, 11) is 0. The molecular formula is C20H18N2O3. The molecule has 0 radical (unpaired) electrons. The minimum absolute atomic E-state index is 0.251. The van der Waals surface area contributed by atoms with Crippen molar-refractivity contribution in [1.29, 1.82) is 0 Å². The molecule has 3 rings (SSSR count). The second kappa shape index (κ2) is 7.13.